The minimum atomic E-state index is 1.19. The van der Waals surface area contributed by atoms with Crippen molar-refractivity contribution in [3.8, 4) is 0 Å². The van der Waals surface area contributed by atoms with Crippen LogP contribution in [0, 0.1) is 0 Å². The highest BCUT2D eigenvalue weighted by Crippen LogP contribution is 2.18. The van der Waals surface area contributed by atoms with Crippen LogP contribution in [-0.2, 0) is 0 Å². The van der Waals surface area contributed by atoms with Crippen LogP contribution in [0.3, 0.4) is 0 Å². The summed E-state index contributed by atoms with van der Waals surface area (Å²) in [5.74, 6) is 1.27. The summed E-state index contributed by atoms with van der Waals surface area (Å²) in [6.07, 6.45) is 3.20. The predicted octanol–water partition coefficient (Wildman–Crippen LogP) is 1.48. The Kier molecular flexibility index (Phi) is 1.63. The van der Waals surface area contributed by atoms with E-state index in [0.29, 0.717) is 0 Å². The highest BCUT2D eigenvalue weighted by atomic mass is 32.2. The Morgan fingerprint density at radius 2 is 2.57 bits per heavy atom. The molecule has 1 heterocycles. The maximum Gasteiger partial charge on any atom is 0.0297 e. The maximum absolute atomic E-state index is 3.65. The van der Waals surface area contributed by atoms with Crippen molar-refractivity contribution in [3.63, 3.8) is 0 Å². The third-order valence-corrected chi connectivity index (χ3v) is 2.12. The van der Waals surface area contributed by atoms with Crippen LogP contribution in [0.5, 0.6) is 0 Å². The lowest BCUT2D eigenvalue weighted by Gasteiger charge is -2.05. The highest BCUT2D eigenvalue weighted by molar-refractivity contribution is 7.97. The molecule has 40 valence electrons. The fourth-order valence-electron chi connectivity index (χ4n) is 0.611. The van der Waals surface area contributed by atoms with Crippen LogP contribution >= 0.6 is 11.9 Å². The molecule has 0 bridgehead atoms. The molecule has 1 aliphatic rings. The van der Waals surface area contributed by atoms with Crippen LogP contribution in [0.4, 0.5) is 0 Å². The molecule has 0 aliphatic carbocycles. The smallest absolute Gasteiger partial charge is 0.0297 e. The minimum absolute atomic E-state index is 1.19. The molecule has 0 atom stereocenters. The van der Waals surface area contributed by atoms with Gasteiger partial charge in [0.25, 0.3) is 0 Å². The number of rotatable bonds is 1. The molecule has 0 N–H and O–H groups in total. The topological polar surface area (TPSA) is 3.24 Å². The quantitative estimate of drug-likeness (QED) is 0.476. The molecule has 1 aliphatic heterocycles. The van der Waals surface area contributed by atoms with E-state index in [9.17, 15) is 0 Å². The maximum atomic E-state index is 3.65. The summed E-state index contributed by atoms with van der Waals surface area (Å²) in [6.45, 7) is 4.84. The largest absolute Gasteiger partial charge is 0.324 e. The van der Waals surface area contributed by atoms with Crippen molar-refractivity contribution in [3.05, 3.63) is 12.8 Å². The van der Waals surface area contributed by atoms with Gasteiger partial charge in [0.15, 0.2) is 0 Å². The third-order valence-electron chi connectivity index (χ3n) is 0.984. The van der Waals surface area contributed by atoms with Crippen LogP contribution in [0.1, 0.15) is 6.42 Å². The van der Waals surface area contributed by atoms with Gasteiger partial charge in [-0.2, -0.15) is 0 Å². The summed E-state index contributed by atoms with van der Waals surface area (Å²) in [5.41, 5.74) is 0. The van der Waals surface area contributed by atoms with Crippen molar-refractivity contribution >= 4 is 11.9 Å². The van der Waals surface area contributed by atoms with Gasteiger partial charge in [-0.3, -0.25) is 0 Å². The van der Waals surface area contributed by atoms with Crippen molar-refractivity contribution in [1.29, 1.82) is 0 Å². The van der Waals surface area contributed by atoms with Crippen LogP contribution in [0.2, 0.25) is 0 Å². The molecular formula is C5H9NS. The second kappa shape index (κ2) is 2.26. The zero-order valence-corrected chi connectivity index (χ0v) is 5.08. The van der Waals surface area contributed by atoms with E-state index in [0.717, 1.165) is 0 Å². The lowest BCUT2D eigenvalue weighted by Crippen LogP contribution is -1.98. The Morgan fingerprint density at radius 3 is 2.86 bits per heavy atom. The molecule has 0 aromatic rings. The number of hydrogen-bond acceptors (Lipinski definition) is 2. The normalized spacial score (nSPS) is 20.3. The van der Waals surface area contributed by atoms with Crippen molar-refractivity contribution in [1.82, 2.24) is 4.31 Å². The van der Waals surface area contributed by atoms with Crippen molar-refractivity contribution < 1.29 is 0 Å². The first-order valence-corrected chi connectivity index (χ1v) is 3.40. The molecule has 0 aromatic heterocycles. The second-order valence-electron chi connectivity index (χ2n) is 1.51. The molecule has 2 heteroatoms. The van der Waals surface area contributed by atoms with Gasteiger partial charge in [-0.25, -0.2) is 0 Å². The monoisotopic (exact) mass is 115 g/mol. The van der Waals surface area contributed by atoms with E-state index < -0.39 is 0 Å². The summed E-state index contributed by atoms with van der Waals surface area (Å²) in [5, 5.41) is 0. The Morgan fingerprint density at radius 1 is 1.71 bits per heavy atom. The predicted molar refractivity (Wildman–Crippen MR) is 34.0 cm³/mol. The zero-order valence-electron chi connectivity index (χ0n) is 4.26. The zero-order chi connectivity index (χ0) is 5.11. The molecule has 0 saturated carbocycles. The van der Waals surface area contributed by atoms with Gasteiger partial charge in [-0.05, 0) is 6.42 Å². The van der Waals surface area contributed by atoms with E-state index in [1.807, 2.05) is 18.1 Å². The van der Waals surface area contributed by atoms with E-state index in [4.69, 9.17) is 0 Å². The van der Waals surface area contributed by atoms with Crippen molar-refractivity contribution in [2.45, 2.75) is 6.42 Å². The van der Waals surface area contributed by atoms with E-state index in [2.05, 4.69) is 10.9 Å². The second-order valence-corrected chi connectivity index (χ2v) is 2.65. The van der Waals surface area contributed by atoms with Gasteiger partial charge in [0.1, 0.15) is 0 Å². The van der Waals surface area contributed by atoms with Crippen LogP contribution < -0.4 is 0 Å². The van der Waals surface area contributed by atoms with Crippen molar-refractivity contribution in [2.24, 2.45) is 0 Å². The average Bonchev–Trinajstić information content (AvgIpc) is 2.14. The van der Waals surface area contributed by atoms with Gasteiger partial charge in [-0.15, -0.1) is 0 Å². The Hall–Kier alpha value is -0.110. The molecule has 1 saturated heterocycles. The van der Waals surface area contributed by atoms with Crippen LogP contribution in [-0.4, -0.2) is 16.6 Å². The fourth-order valence-corrected chi connectivity index (χ4v) is 1.47. The molecule has 0 amide bonds. The van der Waals surface area contributed by atoms with Gasteiger partial charge < -0.3 is 4.31 Å². The first-order chi connectivity index (χ1) is 3.43. The van der Waals surface area contributed by atoms with E-state index in [-0.39, 0.29) is 0 Å². The lowest BCUT2D eigenvalue weighted by molar-refractivity contribution is 0.651. The Bertz CT molecular complexity index is 66.5. The molecule has 0 unspecified atom stereocenters. The molecular weight excluding hydrogens is 106 g/mol. The van der Waals surface area contributed by atoms with Crippen LogP contribution in [0.25, 0.3) is 0 Å². The molecule has 1 nitrogen and oxygen atoms in total. The molecule has 1 rings (SSSR count). The van der Waals surface area contributed by atoms with Gasteiger partial charge in [-0.1, -0.05) is 18.5 Å². The third kappa shape index (κ3) is 1.13. The van der Waals surface area contributed by atoms with E-state index in [1.165, 1.54) is 18.7 Å². The van der Waals surface area contributed by atoms with Crippen LogP contribution in [0.15, 0.2) is 12.8 Å². The summed E-state index contributed by atoms with van der Waals surface area (Å²) in [4.78, 5) is 0. The summed E-state index contributed by atoms with van der Waals surface area (Å²) in [7, 11) is 0. The molecule has 1 fully saturated rings. The van der Waals surface area contributed by atoms with Gasteiger partial charge >= 0.3 is 0 Å². The molecule has 0 spiro atoms. The summed E-state index contributed by atoms with van der Waals surface area (Å²) < 4.78 is 2.17. The highest BCUT2D eigenvalue weighted by Gasteiger charge is 2.05. The number of hydrogen-bond donors (Lipinski definition) is 0. The number of nitrogens with zero attached hydrogens (tertiary/aromatic N) is 1. The summed E-state index contributed by atoms with van der Waals surface area (Å²) >= 11 is 1.86. The first-order valence-electron chi connectivity index (χ1n) is 2.45. The molecule has 0 radical (unpaired) electrons. The Balaban J connectivity index is 2.26. The minimum Gasteiger partial charge on any atom is -0.324 e. The SMILES string of the molecule is C=CN1CCCS1. The van der Waals surface area contributed by atoms with E-state index in [1.54, 1.807) is 0 Å². The lowest BCUT2D eigenvalue weighted by atomic mass is 10.5. The van der Waals surface area contributed by atoms with Crippen molar-refractivity contribution in [2.75, 3.05) is 12.3 Å². The van der Waals surface area contributed by atoms with Gasteiger partial charge in [0.05, 0.1) is 0 Å². The van der Waals surface area contributed by atoms with Gasteiger partial charge in [0, 0.05) is 18.5 Å². The fraction of sp³-hybridized carbons (Fsp3) is 0.600. The Labute approximate surface area is 48.5 Å². The molecule has 7 heavy (non-hydrogen) atoms. The standard InChI is InChI=1S/C5H9NS/c1-2-6-4-3-5-7-6/h2H,1,3-5H2. The summed E-state index contributed by atoms with van der Waals surface area (Å²) in [6, 6.07) is 0. The molecule has 0 aromatic carbocycles. The first kappa shape index (κ1) is 5.04. The van der Waals surface area contributed by atoms with E-state index >= 15 is 0 Å². The average molecular weight is 115 g/mol. The van der Waals surface area contributed by atoms with Gasteiger partial charge in [0.2, 0.25) is 0 Å².